The van der Waals surface area contributed by atoms with Crippen LogP contribution >= 0.6 is 0 Å². The van der Waals surface area contributed by atoms with Crippen LogP contribution in [0.5, 0.6) is 0 Å². The van der Waals surface area contributed by atoms with Gasteiger partial charge in [0.25, 0.3) is 11.6 Å². The number of nitro groups is 1. The average Bonchev–Trinajstić information content (AvgIpc) is 3.10. The molecule has 3 aromatic rings. The number of nitro benzene ring substituents is 1. The molecule has 2 aromatic carbocycles. The molecule has 35 heavy (non-hydrogen) atoms. The van der Waals surface area contributed by atoms with Gasteiger partial charge in [0.2, 0.25) is 5.43 Å². The van der Waals surface area contributed by atoms with Crippen molar-refractivity contribution in [2.24, 2.45) is 0 Å². The van der Waals surface area contributed by atoms with Crippen molar-refractivity contribution in [2.75, 3.05) is 26.2 Å². The Balaban J connectivity index is 1.53. The normalized spacial score (nSPS) is 14.2. The first-order valence-electron chi connectivity index (χ1n) is 11.2. The number of carbonyl (C=O) groups is 1. The Morgan fingerprint density at radius 2 is 1.86 bits per heavy atom. The monoisotopic (exact) mass is 472 g/mol. The van der Waals surface area contributed by atoms with Crippen LogP contribution in [-0.2, 0) is 6.54 Å². The van der Waals surface area contributed by atoms with Crippen molar-refractivity contribution in [1.82, 2.24) is 19.6 Å². The Morgan fingerprint density at radius 3 is 2.57 bits per heavy atom. The molecule has 1 aliphatic heterocycles. The Hall–Kier alpha value is -4.36. The van der Waals surface area contributed by atoms with E-state index in [-0.39, 0.29) is 17.1 Å². The topological polar surface area (TPSA) is 125 Å². The van der Waals surface area contributed by atoms with E-state index in [4.69, 9.17) is 5.26 Å². The summed E-state index contributed by atoms with van der Waals surface area (Å²) >= 11 is 0. The van der Waals surface area contributed by atoms with Gasteiger partial charge in [-0.25, -0.2) is 4.68 Å². The molecule has 0 radical (unpaired) electrons. The van der Waals surface area contributed by atoms with Crippen LogP contribution in [-0.4, -0.2) is 56.6 Å². The number of nitrogens with zero attached hydrogens (tertiary/aromatic N) is 6. The van der Waals surface area contributed by atoms with Crippen molar-refractivity contribution in [3.63, 3.8) is 0 Å². The molecule has 0 N–H and O–H groups in total. The summed E-state index contributed by atoms with van der Waals surface area (Å²) in [6.45, 7) is 4.62. The van der Waals surface area contributed by atoms with E-state index in [1.54, 1.807) is 36.1 Å². The molecule has 10 heteroatoms. The van der Waals surface area contributed by atoms with Crippen molar-refractivity contribution in [3.8, 4) is 11.8 Å². The van der Waals surface area contributed by atoms with Gasteiger partial charge in [0.05, 0.1) is 16.6 Å². The van der Waals surface area contributed by atoms with E-state index < -0.39 is 16.3 Å². The van der Waals surface area contributed by atoms with Gasteiger partial charge >= 0.3 is 0 Å². The summed E-state index contributed by atoms with van der Waals surface area (Å²) in [4.78, 5) is 40.8. The van der Waals surface area contributed by atoms with Crippen LogP contribution in [0.25, 0.3) is 5.69 Å². The second kappa shape index (κ2) is 10.3. The first-order valence-corrected chi connectivity index (χ1v) is 11.2. The quantitative estimate of drug-likeness (QED) is 0.413. The van der Waals surface area contributed by atoms with Crippen molar-refractivity contribution in [2.45, 2.75) is 19.9 Å². The second-order valence-corrected chi connectivity index (χ2v) is 8.39. The zero-order chi connectivity index (χ0) is 24.9. The summed E-state index contributed by atoms with van der Waals surface area (Å²) < 4.78 is 1.28. The highest BCUT2D eigenvalue weighted by molar-refractivity contribution is 5.92. The minimum Gasteiger partial charge on any atom is -0.336 e. The Morgan fingerprint density at radius 1 is 1.11 bits per heavy atom. The van der Waals surface area contributed by atoms with Gasteiger partial charge in [-0.15, -0.1) is 0 Å². The minimum absolute atomic E-state index is 0.168. The first kappa shape index (κ1) is 23.8. The zero-order valence-corrected chi connectivity index (χ0v) is 19.3. The summed E-state index contributed by atoms with van der Waals surface area (Å²) in [6.07, 6.45) is 0.728. The van der Waals surface area contributed by atoms with E-state index in [2.05, 4.69) is 16.1 Å². The molecular weight excluding hydrogens is 448 g/mol. The highest BCUT2D eigenvalue weighted by Crippen LogP contribution is 2.22. The molecule has 0 aliphatic carbocycles. The molecular formula is C25H24N6O4. The molecule has 0 bridgehead atoms. The molecule has 2 heterocycles. The molecule has 178 valence electrons. The van der Waals surface area contributed by atoms with Crippen molar-refractivity contribution in [3.05, 3.63) is 97.4 Å². The molecule has 0 spiro atoms. The predicted octanol–water partition coefficient (Wildman–Crippen LogP) is 2.67. The fourth-order valence-electron chi connectivity index (χ4n) is 4.16. The number of aryl methyl sites for hydroxylation is 1. The van der Waals surface area contributed by atoms with Gasteiger partial charge in [0.15, 0.2) is 5.69 Å². The van der Waals surface area contributed by atoms with Crippen LogP contribution < -0.4 is 5.43 Å². The van der Waals surface area contributed by atoms with E-state index in [0.29, 0.717) is 37.4 Å². The second-order valence-electron chi connectivity index (χ2n) is 8.39. The molecule has 1 saturated heterocycles. The molecule has 0 saturated carbocycles. The molecule has 10 nitrogen and oxygen atoms in total. The Labute approximate surface area is 201 Å². The van der Waals surface area contributed by atoms with Crippen LogP contribution in [0.1, 0.15) is 33.7 Å². The standard InChI is InChI=1S/C25H24N6O4/c1-18-15-23(32)24(27-30(18)21-5-2-3-6-22(21)31(34)35)25(33)29-12-4-11-28(13-14-29)17-20-9-7-19(16-26)8-10-20/h2-3,5-10,15H,4,11-14,17H2,1H3. The lowest BCUT2D eigenvalue weighted by molar-refractivity contribution is -0.384. The highest BCUT2D eigenvalue weighted by Gasteiger charge is 2.25. The fourth-order valence-corrected chi connectivity index (χ4v) is 4.16. The molecule has 1 fully saturated rings. The minimum atomic E-state index is -0.521. The van der Waals surface area contributed by atoms with Crippen molar-refractivity contribution < 1.29 is 9.72 Å². The summed E-state index contributed by atoms with van der Waals surface area (Å²) in [5.74, 6) is -0.484. The van der Waals surface area contributed by atoms with Gasteiger partial charge < -0.3 is 4.90 Å². The van der Waals surface area contributed by atoms with E-state index >= 15 is 0 Å². The maximum atomic E-state index is 13.3. The smallest absolute Gasteiger partial charge is 0.294 e. The lowest BCUT2D eigenvalue weighted by Gasteiger charge is -2.22. The van der Waals surface area contributed by atoms with E-state index in [1.165, 1.54) is 22.9 Å². The largest absolute Gasteiger partial charge is 0.336 e. The fraction of sp³-hybridized carbons (Fsp3) is 0.280. The van der Waals surface area contributed by atoms with E-state index in [9.17, 15) is 19.7 Å². The highest BCUT2D eigenvalue weighted by atomic mass is 16.6. The van der Waals surface area contributed by atoms with Crippen LogP contribution in [0.2, 0.25) is 0 Å². The maximum absolute atomic E-state index is 13.3. The first-order chi connectivity index (χ1) is 16.9. The summed E-state index contributed by atoms with van der Waals surface area (Å²) in [7, 11) is 0. The third-order valence-electron chi connectivity index (χ3n) is 5.98. The van der Waals surface area contributed by atoms with Gasteiger partial charge in [-0.1, -0.05) is 24.3 Å². The number of para-hydroxylation sites is 2. The lowest BCUT2D eigenvalue weighted by Crippen LogP contribution is -2.38. The number of hydrogen-bond acceptors (Lipinski definition) is 7. The van der Waals surface area contributed by atoms with Gasteiger partial charge in [0, 0.05) is 50.6 Å². The van der Waals surface area contributed by atoms with Crippen LogP contribution in [0.4, 0.5) is 5.69 Å². The van der Waals surface area contributed by atoms with Crippen molar-refractivity contribution in [1.29, 1.82) is 5.26 Å². The number of hydrogen-bond donors (Lipinski definition) is 0. The van der Waals surface area contributed by atoms with E-state index in [0.717, 1.165) is 18.5 Å². The van der Waals surface area contributed by atoms with Gasteiger partial charge in [0.1, 0.15) is 5.69 Å². The lowest BCUT2D eigenvalue weighted by atomic mass is 10.1. The maximum Gasteiger partial charge on any atom is 0.294 e. The molecule has 1 aromatic heterocycles. The number of benzene rings is 2. The number of carbonyl (C=O) groups excluding carboxylic acids is 1. The van der Waals surface area contributed by atoms with Gasteiger partial charge in [-0.2, -0.15) is 10.4 Å². The predicted molar refractivity (Wildman–Crippen MR) is 128 cm³/mol. The zero-order valence-electron chi connectivity index (χ0n) is 19.3. The van der Waals surface area contributed by atoms with E-state index in [1.807, 2.05) is 12.1 Å². The third kappa shape index (κ3) is 5.26. The molecule has 1 amide bonds. The summed E-state index contributed by atoms with van der Waals surface area (Å²) in [5, 5.41) is 24.7. The number of aromatic nitrogens is 2. The molecule has 1 aliphatic rings. The average molecular weight is 473 g/mol. The number of rotatable bonds is 5. The van der Waals surface area contributed by atoms with Gasteiger partial charge in [-0.3, -0.25) is 24.6 Å². The molecule has 0 atom stereocenters. The molecule has 4 rings (SSSR count). The van der Waals surface area contributed by atoms with Crippen LogP contribution in [0, 0.1) is 28.4 Å². The SMILES string of the molecule is Cc1cc(=O)c(C(=O)N2CCCN(Cc3ccc(C#N)cc3)CC2)nn1-c1ccccc1[N+](=O)[O-]. The third-order valence-corrected chi connectivity index (χ3v) is 5.98. The van der Waals surface area contributed by atoms with Crippen LogP contribution in [0.15, 0.2) is 59.4 Å². The van der Waals surface area contributed by atoms with Crippen molar-refractivity contribution >= 4 is 11.6 Å². The Kier molecular flexibility index (Phi) is 6.98. The summed E-state index contributed by atoms with van der Waals surface area (Å²) in [5.41, 5.74) is 1.34. The van der Waals surface area contributed by atoms with Gasteiger partial charge in [-0.05, 0) is 37.1 Å². The summed E-state index contributed by atoms with van der Waals surface area (Å²) in [6, 6.07) is 16.9. The van der Waals surface area contributed by atoms with Crippen LogP contribution in [0.3, 0.4) is 0 Å². The molecule has 0 unspecified atom stereocenters. The number of nitriles is 1. The number of amides is 1. The Bertz CT molecular complexity index is 1360.